The van der Waals surface area contributed by atoms with Gasteiger partial charge in [0, 0.05) is 18.3 Å². The third kappa shape index (κ3) is 4.63. The van der Waals surface area contributed by atoms with Crippen LogP contribution in [0.15, 0.2) is 41.0 Å². The summed E-state index contributed by atoms with van der Waals surface area (Å²) in [6.07, 6.45) is 1.50. The molecule has 0 aliphatic heterocycles. The maximum atomic E-state index is 13.3. The zero-order chi connectivity index (χ0) is 19.3. The van der Waals surface area contributed by atoms with Crippen molar-refractivity contribution in [2.45, 2.75) is 6.04 Å². The van der Waals surface area contributed by atoms with Crippen molar-refractivity contribution in [3.8, 4) is 0 Å². The lowest BCUT2D eigenvalue weighted by atomic mass is 10.2. The highest BCUT2D eigenvalue weighted by Crippen LogP contribution is 2.21. The van der Waals surface area contributed by atoms with Crippen molar-refractivity contribution in [2.24, 2.45) is 0 Å². The van der Waals surface area contributed by atoms with Crippen LogP contribution < -0.4 is 10.6 Å². The first kappa shape index (κ1) is 19.1. The predicted molar refractivity (Wildman–Crippen MR) is 89.8 cm³/mol. The predicted octanol–water partition coefficient (Wildman–Crippen LogP) is 1.68. The number of benzene rings is 1. The van der Waals surface area contributed by atoms with Crippen molar-refractivity contribution < 1.29 is 23.3 Å². The van der Waals surface area contributed by atoms with E-state index in [4.69, 9.17) is 4.42 Å². The van der Waals surface area contributed by atoms with Crippen LogP contribution >= 0.6 is 0 Å². The van der Waals surface area contributed by atoms with Crippen molar-refractivity contribution in [1.82, 2.24) is 10.2 Å². The van der Waals surface area contributed by atoms with E-state index in [0.717, 1.165) is 18.2 Å². The van der Waals surface area contributed by atoms with Gasteiger partial charge in [-0.05, 0) is 38.4 Å². The summed E-state index contributed by atoms with van der Waals surface area (Å²) in [5, 5.41) is 15.4. The number of furan rings is 1. The van der Waals surface area contributed by atoms with Crippen molar-refractivity contribution in [1.29, 1.82) is 0 Å². The largest absolute Gasteiger partial charge is 0.468 e. The minimum Gasteiger partial charge on any atom is -0.468 e. The molecule has 0 saturated heterocycles. The van der Waals surface area contributed by atoms with Gasteiger partial charge < -0.3 is 15.1 Å². The number of hydrogen-bond donors (Lipinski definition) is 2. The standard InChI is InChI=1S/C16H17FN4O5/c1-20(2)13(14-4-3-7-26-14)9-18-15(22)16(23)19-10-5-6-11(17)12(8-10)21(24)25/h3-8,13H,9H2,1-2H3,(H,18,22)(H,19,23). The summed E-state index contributed by atoms with van der Waals surface area (Å²) < 4.78 is 18.6. The van der Waals surface area contributed by atoms with Crippen LogP contribution in [0, 0.1) is 15.9 Å². The second-order valence-corrected chi connectivity index (χ2v) is 5.58. The number of rotatable bonds is 6. The monoisotopic (exact) mass is 364 g/mol. The Balaban J connectivity index is 1.98. The van der Waals surface area contributed by atoms with E-state index in [1.54, 1.807) is 31.1 Å². The fourth-order valence-electron chi connectivity index (χ4n) is 2.21. The number of anilines is 1. The fraction of sp³-hybridized carbons (Fsp3) is 0.250. The minimum absolute atomic E-state index is 0.0616. The van der Waals surface area contributed by atoms with Crippen molar-refractivity contribution in [3.63, 3.8) is 0 Å². The van der Waals surface area contributed by atoms with Gasteiger partial charge in [0.05, 0.1) is 17.2 Å². The zero-order valence-corrected chi connectivity index (χ0v) is 14.1. The molecule has 9 nitrogen and oxygen atoms in total. The van der Waals surface area contributed by atoms with E-state index in [-0.39, 0.29) is 18.3 Å². The fourth-order valence-corrected chi connectivity index (χ4v) is 2.21. The molecule has 1 heterocycles. The molecule has 1 atom stereocenters. The SMILES string of the molecule is CN(C)C(CNC(=O)C(=O)Nc1ccc(F)c([N+](=O)[O-])c1)c1ccco1. The first-order valence-electron chi connectivity index (χ1n) is 7.52. The molecule has 2 N–H and O–H groups in total. The van der Waals surface area contributed by atoms with Gasteiger partial charge in [-0.25, -0.2) is 0 Å². The smallest absolute Gasteiger partial charge is 0.313 e. The molecule has 2 aromatic rings. The first-order chi connectivity index (χ1) is 12.3. The number of nitrogens with zero attached hydrogens (tertiary/aromatic N) is 2. The van der Waals surface area contributed by atoms with Crippen molar-refractivity contribution >= 4 is 23.2 Å². The van der Waals surface area contributed by atoms with Gasteiger partial charge in [0.15, 0.2) is 0 Å². The Morgan fingerprint density at radius 3 is 2.62 bits per heavy atom. The third-order valence-electron chi connectivity index (χ3n) is 3.56. The molecule has 138 valence electrons. The van der Waals surface area contributed by atoms with Crippen LogP contribution in [-0.4, -0.2) is 42.3 Å². The molecule has 0 fully saturated rings. The molecule has 1 aromatic heterocycles. The van der Waals surface area contributed by atoms with Crippen LogP contribution in [-0.2, 0) is 9.59 Å². The third-order valence-corrected chi connectivity index (χ3v) is 3.56. The molecule has 2 amide bonds. The topological polar surface area (TPSA) is 118 Å². The number of carbonyl (C=O) groups excluding carboxylic acids is 2. The molecular weight excluding hydrogens is 347 g/mol. The maximum absolute atomic E-state index is 13.3. The second kappa shape index (κ2) is 8.21. The molecule has 2 rings (SSSR count). The van der Waals surface area contributed by atoms with E-state index in [2.05, 4.69) is 10.6 Å². The van der Waals surface area contributed by atoms with Crippen LogP contribution in [0.2, 0.25) is 0 Å². The number of halogens is 1. The van der Waals surface area contributed by atoms with Crippen LogP contribution in [0.5, 0.6) is 0 Å². The highest BCUT2D eigenvalue weighted by Gasteiger charge is 2.21. The van der Waals surface area contributed by atoms with Gasteiger partial charge in [-0.2, -0.15) is 4.39 Å². The average Bonchev–Trinajstić information content (AvgIpc) is 3.10. The Hall–Kier alpha value is -3.27. The van der Waals surface area contributed by atoms with E-state index < -0.39 is 28.2 Å². The lowest BCUT2D eigenvalue weighted by Crippen LogP contribution is -2.40. The number of hydrogen-bond acceptors (Lipinski definition) is 6. The summed E-state index contributed by atoms with van der Waals surface area (Å²) in [6, 6.07) is 5.97. The molecule has 0 spiro atoms. The normalized spacial score (nSPS) is 11.8. The van der Waals surface area contributed by atoms with Gasteiger partial charge in [0.2, 0.25) is 5.82 Å². The summed E-state index contributed by atoms with van der Waals surface area (Å²) in [6.45, 7) is 0.107. The van der Waals surface area contributed by atoms with Crippen LogP contribution in [0.25, 0.3) is 0 Å². The Kier molecular flexibility index (Phi) is 6.02. The summed E-state index contributed by atoms with van der Waals surface area (Å²) in [4.78, 5) is 35.5. The van der Waals surface area contributed by atoms with Crippen molar-refractivity contribution in [2.75, 3.05) is 26.0 Å². The second-order valence-electron chi connectivity index (χ2n) is 5.58. The van der Waals surface area contributed by atoms with E-state index in [0.29, 0.717) is 5.76 Å². The number of nitro benzene ring substituents is 1. The molecule has 0 aliphatic carbocycles. The Morgan fingerprint density at radius 2 is 2.04 bits per heavy atom. The molecule has 0 aliphatic rings. The number of nitro groups is 1. The number of carbonyl (C=O) groups is 2. The summed E-state index contributed by atoms with van der Waals surface area (Å²) in [5.41, 5.74) is -0.859. The van der Waals surface area contributed by atoms with Gasteiger partial charge >= 0.3 is 17.5 Å². The van der Waals surface area contributed by atoms with Gasteiger partial charge in [-0.1, -0.05) is 0 Å². The van der Waals surface area contributed by atoms with E-state index in [1.165, 1.54) is 6.26 Å². The molecular formula is C16H17FN4O5. The van der Waals surface area contributed by atoms with Gasteiger partial charge in [-0.3, -0.25) is 24.6 Å². The van der Waals surface area contributed by atoms with Gasteiger partial charge in [0.25, 0.3) is 0 Å². The molecule has 1 unspecified atom stereocenters. The molecule has 0 radical (unpaired) electrons. The van der Waals surface area contributed by atoms with Crippen LogP contribution in [0.1, 0.15) is 11.8 Å². The Labute approximate surface area is 147 Å². The van der Waals surface area contributed by atoms with Crippen molar-refractivity contribution in [3.05, 3.63) is 58.3 Å². The van der Waals surface area contributed by atoms with E-state index in [9.17, 15) is 24.1 Å². The van der Waals surface area contributed by atoms with E-state index >= 15 is 0 Å². The summed E-state index contributed by atoms with van der Waals surface area (Å²) in [5.74, 6) is -2.38. The van der Waals surface area contributed by atoms with Gasteiger partial charge in [0.1, 0.15) is 5.76 Å². The minimum atomic E-state index is -1.04. The molecule has 0 saturated carbocycles. The van der Waals surface area contributed by atoms with Gasteiger partial charge in [-0.15, -0.1) is 0 Å². The van der Waals surface area contributed by atoms with Crippen LogP contribution in [0.4, 0.5) is 15.8 Å². The summed E-state index contributed by atoms with van der Waals surface area (Å²) >= 11 is 0. The van der Waals surface area contributed by atoms with E-state index in [1.807, 2.05) is 0 Å². The number of amides is 2. The first-order valence-corrected chi connectivity index (χ1v) is 7.52. The number of nitrogens with one attached hydrogen (secondary N) is 2. The van der Waals surface area contributed by atoms with Crippen LogP contribution in [0.3, 0.4) is 0 Å². The molecule has 1 aromatic carbocycles. The summed E-state index contributed by atoms with van der Waals surface area (Å²) in [7, 11) is 3.58. The molecule has 26 heavy (non-hydrogen) atoms. The maximum Gasteiger partial charge on any atom is 0.313 e. The number of likely N-dealkylation sites (N-methyl/N-ethyl adjacent to an activating group) is 1. The molecule has 10 heteroatoms. The Morgan fingerprint density at radius 1 is 1.31 bits per heavy atom. The lowest BCUT2D eigenvalue weighted by Gasteiger charge is -2.22. The highest BCUT2D eigenvalue weighted by atomic mass is 19.1. The highest BCUT2D eigenvalue weighted by molar-refractivity contribution is 6.39. The zero-order valence-electron chi connectivity index (χ0n) is 14.1. The Bertz CT molecular complexity index is 807. The molecule has 0 bridgehead atoms. The quantitative estimate of drug-likeness (QED) is 0.457. The average molecular weight is 364 g/mol. The lowest BCUT2D eigenvalue weighted by molar-refractivity contribution is -0.387.